The smallest absolute Gasteiger partial charge is 0.128 e. The first kappa shape index (κ1) is 16.0. The molecule has 2 nitrogen and oxygen atoms in total. The van der Waals surface area contributed by atoms with Crippen molar-refractivity contribution in [1.29, 1.82) is 0 Å². The fourth-order valence-electron chi connectivity index (χ4n) is 2.32. The molecule has 0 aliphatic carbocycles. The Morgan fingerprint density at radius 1 is 1.14 bits per heavy atom. The van der Waals surface area contributed by atoms with Gasteiger partial charge in [0.25, 0.3) is 0 Å². The molecule has 2 rings (SSSR count). The van der Waals surface area contributed by atoms with Crippen molar-refractivity contribution in [2.75, 3.05) is 11.9 Å². The molecule has 0 heterocycles. The van der Waals surface area contributed by atoms with Gasteiger partial charge in [0.2, 0.25) is 0 Å². The Balaban J connectivity index is 2.32. The summed E-state index contributed by atoms with van der Waals surface area (Å²) in [5, 5.41) is 0. The first-order valence-electron chi connectivity index (χ1n) is 6.94. The molecule has 112 valence electrons. The third-order valence-corrected chi connectivity index (χ3v) is 4.45. The molecule has 2 aromatic carbocycles. The zero-order chi connectivity index (χ0) is 15.6. The number of nitrogens with zero attached hydrogens (tertiary/aromatic N) is 1. The fraction of sp³-hybridized carbons (Fsp3) is 0.294. The monoisotopic (exact) mass is 350 g/mol. The van der Waals surface area contributed by atoms with E-state index in [9.17, 15) is 4.39 Å². The molecule has 2 N–H and O–H groups in total. The van der Waals surface area contributed by atoms with Crippen molar-refractivity contribution in [3.8, 4) is 0 Å². The summed E-state index contributed by atoms with van der Waals surface area (Å²) < 4.78 is 14.9. The van der Waals surface area contributed by atoms with Crippen LogP contribution in [0.2, 0.25) is 0 Å². The minimum atomic E-state index is -0.180. The van der Waals surface area contributed by atoms with Crippen LogP contribution in [0.25, 0.3) is 0 Å². The predicted octanol–water partition coefficient (Wildman–Crippen LogP) is 4.81. The molecule has 0 aliphatic rings. The van der Waals surface area contributed by atoms with Crippen molar-refractivity contribution in [2.45, 2.75) is 25.9 Å². The predicted molar refractivity (Wildman–Crippen MR) is 90.0 cm³/mol. The second-order valence-electron chi connectivity index (χ2n) is 5.31. The number of halogens is 2. The molecule has 0 aromatic heterocycles. The number of rotatable bonds is 4. The lowest BCUT2D eigenvalue weighted by atomic mass is 10.0. The van der Waals surface area contributed by atoms with Crippen molar-refractivity contribution < 1.29 is 4.39 Å². The average molecular weight is 351 g/mol. The lowest BCUT2D eigenvalue weighted by molar-refractivity contribution is 0.585. The summed E-state index contributed by atoms with van der Waals surface area (Å²) >= 11 is 3.58. The van der Waals surface area contributed by atoms with Crippen LogP contribution in [0.15, 0.2) is 46.9 Å². The van der Waals surface area contributed by atoms with Gasteiger partial charge in [-0.1, -0.05) is 24.3 Å². The molecule has 0 spiro atoms. The topological polar surface area (TPSA) is 29.3 Å². The highest BCUT2D eigenvalue weighted by atomic mass is 79.9. The number of nitrogens with two attached hydrogens (primary N) is 1. The highest BCUT2D eigenvalue weighted by Crippen LogP contribution is 2.33. The van der Waals surface area contributed by atoms with Crippen LogP contribution in [0.4, 0.5) is 10.1 Å². The Morgan fingerprint density at radius 3 is 2.38 bits per heavy atom. The van der Waals surface area contributed by atoms with Crippen LogP contribution in [0.3, 0.4) is 0 Å². The standard InChI is InChI=1S/C17H20BrFN2/c1-11(20)13-8-9-17(15(18)10-13)21(3)12(2)14-6-4-5-7-16(14)19/h4-12H,20H2,1-3H3/t11-,12?/m0/s1. The highest BCUT2D eigenvalue weighted by Gasteiger charge is 2.18. The number of anilines is 1. The van der Waals surface area contributed by atoms with E-state index in [2.05, 4.69) is 15.9 Å². The third-order valence-electron chi connectivity index (χ3n) is 3.81. The SMILES string of the molecule is CC(c1ccccc1F)N(C)c1ccc([C@H](C)N)cc1Br. The molecule has 0 bridgehead atoms. The third kappa shape index (κ3) is 3.44. The van der Waals surface area contributed by atoms with Crippen LogP contribution in [-0.2, 0) is 0 Å². The highest BCUT2D eigenvalue weighted by molar-refractivity contribution is 9.10. The summed E-state index contributed by atoms with van der Waals surface area (Å²) in [5.74, 6) is -0.180. The first-order chi connectivity index (χ1) is 9.91. The van der Waals surface area contributed by atoms with E-state index < -0.39 is 0 Å². The second kappa shape index (κ2) is 6.58. The minimum Gasteiger partial charge on any atom is -0.367 e. The maximum atomic E-state index is 13.9. The summed E-state index contributed by atoms with van der Waals surface area (Å²) in [6, 6.07) is 12.8. The first-order valence-corrected chi connectivity index (χ1v) is 7.73. The van der Waals surface area contributed by atoms with Gasteiger partial charge in [-0.3, -0.25) is 0 Å². The molecule has 2 atom stereocenters. The molecule has 0 aliphatic heterocycles. The Morgan fingerprint density at radius 2 is 1.81 bits per heavy atom. The molecular formula is C17H20BrFN2. The molecule has 1 unspecified atom stereocenters. The molecule has 0 amide bonds. The quantitative estimate of drug-likeness (QED) is 0.857. The van der Waals surface area contributed by atoms with Gasteiger partial charge in [-0.25, -0.2) is 4.39 Å². The Kier molecular flexibility index (Phi) is 5.01. The van der Waals surface area contributed by atoms with Crippen LogP contribution in [0, 0.1) is 5.82 Å². The maximum Gasteiger partial charge on any atom is 0.128 e. The summed E-state index contributed by atoms with van der Waals surface area (Å²) in [5.41, 5.74) is 8.66. The molecule has 2 aromatic rings. The van der Waals surface area contributed by atoms with Crippen molar-refractivity contribution in [3.05, 3.63) is 63.9 Å². The van der Waals surface area contributed by atoms with Gasteiger partial charge in [0.05, 0.1) is 11.7 Å². The van der Waals surface area contributed by atoms with Crippen LogP contribution >= 0.6 is 15.9 Å². The normalized spacial score (nSPS) is 13.8. The summed E-state index contributed by atoms with van der Waals surface area (Å²) in [4.78, 5) is 2.05. The van der Waals surface area contributed by atoms with Crippen molar-refractivity contribution in [2.24, 2.45) is 5.73 Å². The van der Waals surface area contributed by atoms with Gasteiger partial charge in [-0.2, -0.15) is 0 Å². The largest absolute Gasteiger partial charge is 0.367 e. The Labute approximate surface area is 133 Å². The molecule has 4 heteroatoms. The number of benzene rings is 2. The van der Waals surface area contributed by atoms with Gasteiger partial charge in [-0.05, 0) is 53.5 Å². The van der Waals surface area contributed by atoms with Gasteiger partial charge in [0, 0.05) is 23.1 Å². The van der Waals surface area contributed by atoms with E-state index in [4.69, 9.17) is 5.73 Å². The van der Waals surface area contributed by atoms with Gasteiger partial charge < -0.3 is 10.6 Å². The lowest BCUT2D eigenvalue weighted by Gasteiger charge is -2.29. The summed E-state index contributed by atoms with van der Waals surface area (Å²) in [6.45, 7) is 3.94. The Bertz CT molecular complexity index is 628. The summed E-state index contributed by atoms with van der Waals surface area (Å²) in [7, 11) is 1.96. The van der Waals surface area contributed by atoms with Crippen LogP contribution in [0.1, 0.15) is 37.1 Å². The lowest BCUT2D eigenvalue weighted by Crippen LogP contribution is -2.23. The molecule has 21 heavy (non-hydrogen) atoms. The number of hydrogen-bond acceptors (Lipinski definition) is 2. The fourth-order valence-corrected chi connectivity index (χ4v) is 3.00. The zero-order valence-electron chi connectivity index (χ0n) is 12.5. The van der Waals surface area contributed by atoms with Crippen LogP contribution < -0.4 is 10.6 Å². The van der Waals surface area contributed by atoms with Crippen molar-refractivity contribution in [3.63, 3.8) is 0 Å². The van der Waals surface area contributed by atoms with E-state index in [1.807, 2.05) is 56.1 Å². The molecule has 0 fully saturated rings. The van der Waals surface area contributed by atoms with Gasteiger partial charge in [-0.15, -0.1) is 0 Å². The second-order valence-corrected chi connectivity index (χ2v) is 6.16. The van der Waals surface area contributed by atoms with Crippen molar-refractivity contribution >= 4 is 21.6 Å². The Hall–Kier alpha value is -1.39. The van der Waals surface area contributed by atoms with E-state index in [0.29, 0.717) is 5.56 Å². The van der Waals surface area contributed by atoms with Crippen molar-refractivity contribution in [1.82, 2.24) is 0 Å². The molecule has 0 saturated carbocycles. The average Bonchev–Trinajstić information content (AvgIpc) is 2.46. The van der Waals surface area contributed by atoms with Gasteiger partial charge in [0.15, 0.2) is 0 Å². The van der Waals surface area contributed by atoms with Gasteiger partial charge >= 0.3 is 0 Å². The maximum absolute atomic E-state index is 13.9. The zero-order valence-corrected chi connectivity index (χ0v) is 14.1. The van der Waals surface area contributed by atoms with Crippen LogP contribution in [0.5, 0.6) is 0 Å². The van der Waals surface area contributed by atoms with E-state index in [0.717, 1.165) is 15.7 Å². The molecule has 0 saturated heterocycles. The number of hydrogen-bond donors (Lipinski definition) is 1. The van der Waals surface area contributed by atoms with E-state index >= 15 is 0 Å². The summed E-state index contributed by atoms with van der Waals surface area (Å²) in [6.07, 6.45) is 0. The molecular weight excluding hydrogens is 331 g/mol. The molecule has 0 radical (unpaired) electrons. The van der Waals surface area contributed by atoms with Gasteiger partial charge in [0.1, 0.15) is 5.82 Å². The minimum absolute atomic E-state index is 0.00959. The van der Waals surface area contributed by atoms with E-state index in [1.165, 1.54) is 6.07 Å². The van der Waals surface area contributed by atoms with E-state index in [-0.39, 0.29) is 17.9 Å². The van der Waals surface area contributed by atoms with Crippen LogP contribution in [-0.4, -0.2) is 7.05 Å². The van der Waals surface area contributed by atoms with E-state index in [1.54, 1.807) is 6.07 Å².